The molecule has 0 aliphatic carbocycles. The molecule has 8 nitrogen and oxygen atoms in total. The maximum atomic E-state index is 8.75. The van der Waals surface area contributed by atoms with Crippen LogP contribution in [0.2, 0.25) is 5.15 Å². The lowest BCUT2D eigenvalue weighted by molar-refractivity contribution is 0.306. The third kappa shape index (κ3) is 8.20. The first-order chi connectivity index (χ1) is 15.0. The number of nitrogens with one attached hydrogen (secondary N) is 1. The molecule has 0 aliphatic heterocycles. The van der Waals surface area contributed by atoms with Gasteiger partial charge in [0.1, 0.15) is 23.6 Å². The Bertz CT molecular complexity index is 1120. The lowest BCUT2D eigenvalue weighted by Gasteiger charge is -2.06. The van der Waals surface area contributed by atoms with Crippen molar-refractivity contribution in [2.75, 3.05) is 31.6 Å². The first-order valence-corrected chi connectivity index (χ1v) is 11.6. The zero-order valence-corrected chi connectivity index (χ0v) is 21.4. The van der Waals surface area contributed by atoms with E-state index in [9.17, 15) is 0 Å². The van der Waals surface area contributed by atoms with Crippen molar-refractivity contribution in [3.05, 3.63) is 61.3 Å². The van der Waals surface area contributed by atoms with Gasteiger partial charge >= 0.3 is 0 Å². The quantitative estimate of drug-likeness (QED) is 0.193. The van der Waals surface area contributed by atoms with Crippen molar-refractivity contribution in [1.82, 2.24) is 19.9 Å². The Labute approximate surface area is 212 Å². The number of hydrogen-bond acceptors (Lipinski definition) is 8. The van der Waals surface area contributed by atoms with Gasteiger partial charge in [-0.3, -0.25) is 0 Å². The van der Waals surface area contributed by atoms with Crippen LogP contribution in [-0.2, 0) is 0 Å². The summed E-state index contributed by atoms with van der Waals surface area (Å²) in [4.78, 5) is 16.3. The molecular formula is C20H21ClI2N6O2. The van der Waals surface area contributed by atoms with Gasteiger partial charge in [-0.05, 0) is 81.6 Å². The van der Waals surface area contributed by atoms with Crippen molar-refractivity contribution in [3.8, 4) is 0 Å². The molecule has 0 saturated carbocycles. The van der Waals surface area contributed by atoms with Crippen LogP contribution in [0.4, 0.5) is 5.82 Å². The van der Waals surface area contributed by atoms with Crippen LogP contribution in [0.5, 0.6) is 0 Å². The van der Waals surface area contributed by atoms with Gasteiger partial charge in [0.2, 0.25) is 0 Å². The molecule has 4 aromatic rings. The molecule has 0 bridgehead atoms. The summed E-state index contributed by atoms with van der Waals surface area (Å²) in [6.45, 7) is 1.06. The second kappa shape index (κ2) is 13.9. The fourth-order valence-electron chi connectivity index (χ4n) is 2.34. The molecule has 0 amide bonds. The van der Waals surface area contributed by atoms with Crippen molar-refractivity contribution in [2.45, 2.75) is 0 Å². The van der Waals surface area contributed by atoms with E-state index in [1.807, 2.05) is 36.4 Å². The molecular weight excluding hydrogens is 646 g/mol. The number of hydrogen-bond donors (Lipinski definition) is 4. The summed E-state index contributed by atoms with van der Waals surface area (Å²) in [5.41, 5.74) is 6.57. The highest BCUT2D eigenvalue weighted by Crippen LogP contribution is 2.22. The van der Waals surface area contributed by atoms with Gasteiger partial charge in [0.15, 0.2) is 0 Å². The maximum Gasteiger partial charge on any atom is 0.140 e. The predicted octanol–water partition coefficient (Wildman–Crippen LogP) is 3.46. The smallest absolute Gasteiger partial charge is 0.140 e. The highest BCUT2D eigenvalue weighted by atomic mass is 127. The van der Waals surface area contributed by atoms with E-state index in [4.69, 9.17) is 27.5 Å². The van der Waals surface area contributed by atoms with E-state index in [2.05, 4.69) is 70.4 Å². The standard InChI is InChI=1S/C10H10IN3O.C8H4ClIN2.C2H7NO/c11-7-1-2-9-8(5-7)10(12-3-4-15)14-6-13-9;9-8-6-3-5(10)1-2-7(6)11-4-12-8;3-1-2-4/h1-2,5-6,15H,3-4H2,(H,12,13,14);1-4H;4H,1-3H2. The van der Waals surface area contributed by atoms with Crippen LogP contribution < -0.4 is 11.1 Å². The molecule has 0 fully saturated rings. The molecule has 0 aliphatic rings. The Balaban J connectivity index is 0.000000192. The Morgan fingerprint density at radius 3 is 1.97 bits per heavy atom. The van der Waals surface area contributed by atoms with Gasteiger partial charge in [0, 0.05) is 31.0 Å². The molecule has 0 atom stereocenters. The van der Waals surface area contributed by atoms with E-state index in [0.29, 0.717) is 18.2 Å². The number of rotatable bonds is 4. The normalized spacial score (nSPS) is 10.1. The summed E-state index contributed by atoms with van der Waals surface area (Å²) in [6, 6.07) is 11.9. The zero-order valence-electron chi connectivity index (χ0n) is 16.3. The number of nitrogens with two attached hydrogens (primary N) is 1. The van der Waals surface area contributed by atoms with E-state index < -0.39 is 0 Å². The number of fused-ring (bicyclic) bond motifs is 2. The molecule has 31 heavy (non-hydrogen) atoms. The molecule has 2 aromatic heterocycles. The second-order valence-corrected chi connectivity index (χ2v) is 8.72. The summed E-state index contributed by atoms with van der Waals surface area (Å²) >= 11 is 10.4. The van der Waals surface area contributed by atoms with Gasteiger partial charge in [0.05, 0.1) is 24.2 Å². The molecule has 0 unspecified atom stereocenters. The SMILES string of the molecule is Clc1ncnc2ccc(I)cc12.NCCO.OCCNc1ncnc2ccc(I)cc12. The average molecular weight is 667 g/mol. The van der Waals surface area contributed by atoms with E-state index >= 15 is 0 Å². The van der Waals surface area contributed by atoms with Crippen molar-refractivity contribution in [3.63, 3.8) is 0 Å². The van der Waals surface area contributed by atoms with Crippen LogP contribution in [-0.4, -0.2) is 56.5 Å². The third-order valence-corrected chi connectivity index (χ3v) is 5.32. The number of benzene rings is 2. The van der Waals surface area contributed by atoms with E-state index in [-0.39, 0.29) is 13.2 Å². The molecule has 0 radical (unpaired) electrons. The molecule has 2 heterocycles. The molecule has 5 N–H and O–H groups in total. The molecule has 11 heteroatoms. The van der Waals surface area contributed by atoms with Crippen LogP contribution >= 0.6 is 56.8 Å². The van der Waals surface area contributed by atoms with Crippen molar-refractivity contribution in [2.24, 2.45) is 5.73 Å². The van der Waals surface area contributed by atoms with Crippen molar-refractivity contribution in [1.29, 1.82) is 0 Å². The average Bonchev–Trinajstić information content (AvgIpc) is 2.79. The summed E-state index contributed by atoms with van der Waals surface area (Å²) in [7, 11) is 0. The first kappa shape index (κ1) is 25.8. The lowest BCUT2D eigenvalue weighted by atomic mass is 10.2. The fraction of sp³-hybridized carbons (Fsp3) is 0.200. The fourth-order valence-corrected chi connectivity index (χ4v) is 3.52. The topological polar surface area (TPSA) is 130 Å². The van der Waals surface area contributed by atoms with Gasteiger partial charge in [0.25, 0.3) is 0 Å². The van der Waals surface area contributed by atoms with Crippen LogP contribution in [0.3, 0.4) is 0 Å². The molecule has 4 rings (SSSR count). The van der Waals surface area contributed by atoms with Crippen LogP contribution in [0.25, 0.3) is 21.8 Å². The van der Waals surface area contributed by atoms with E-state index in [0.717, 1.165) is 34.8 Å². The summed E-state index contributed by atoms with van der Waals surface area (Å²) < 4.78 is 2.28. The maximum absolute atomic E-state index is 8.75. The minimum Gasteiger partial charge on any atom is -0.395 e. The van der Waals surface area contributed by atoms with E-state index in [1.54, 1.807) is 0 Å². The summed E-state index contributed by atoms with van der Waals surface area (Å²) in [6.07, 6.45) is 2.99. The van der Waals surface area contributed by atoms with Gasteiger partial charge < -0.3 is 21.3 Å². The highest BCUT2D eigenvalue weighted by molar-refractivity contribution is 14.1. The number of aliphatic hydroxyl groups excluding tert-OH is 2. The van der Waals surface area contributed by atoms with Crippen LogP contribution in [0, 0.1) is 7.14 Å². The van der Waals surface area contributed by atoms with Crippen molar-refractivity contribution < 1.29 is 10.2 Å². The first-order valence-electron chi connectivity index (χ1n) is 9.11. The number of nitrogens with zero attached hydrogens (tertiary/aromatic N) is 4. The number of halogens is 3. The largest absolute Gasteiger partial charge is 0.395 e. The third-order valence-electron chi connectivity index (χ3n) is 3.68. The van der Waals surface area contributed by atoms with Crippen LogP contribution in [0.1, 0.15) is 0 Å². The van der Waals surface area contributed by atoms with Gasteiger partial charge in [-0.25, -0.2) is 19.9 Å². The minimum atomic E-state index is 0.0927. The van der Waals surface area contributed by atoms with Gasteiger partial charge in [-0.15, -0.1) is 0 Å². The second-order valence-electron chi connectivity index (χ2n) is 5.87. The van der Waals surface area contributed by atoms with Gasteiger partial charge in [-0.1, -0.05) is 11.6 Å². The van der Waals surface area contributed by atoms with E-state index in [1.165, 1.54) is 12.7 Å². The number of anilines is 1. The lowest BCUT2D eigenvalue weighted by Crippen LogP contribution is -2.07. The summed E-state index contributed by atoms with van der Waals surface area (Å²) in [5.74, 6) is 0.771. The summed E-state index contributed by atoms with van der Waals surface area (Å²) in [5, 5.41) is 22.0. The molecule has 2 aromatic carbocycles. The number of aliphatic hydroxyl groups is 2. The Morgan fingerprint density at radius 1 is 0.839 bits per heavy atom. The van der Waals surface area contributed by atoms with Gasteiger partial charge in [-0.2, -0.15) is 0 Å². The van der Waals surface area contributed by atoms with Crippen LogP contribution in [0.15, 0.2) is 49.1 Å². The Morgan fingerprint density at radius 2 is 1.39 bits per heavy atom. The minimum absolute atomic E-state index is 0.0927. The molecule has 164 valence electrons. The molecule has 0 spiro atoms. The number of aromatic nitrogens is 4. The zero-order chi connectivity index (χ0) is 22.6. The monoisotopic (exact) mass is 666 g/mol. The Kier molecular flexibility index (Phi) is 11.5. The highest BCUT2D eigenvalue weighted by Gasteiger charge is 2.03. The predicted molar refractivity (Wildman–Crippen MR) is 141 cm³/mol. The molecule has 0 saturated heterocycles. The Hall–Kier alpha value is -1.45. The van der Waals surface area contributed by atoms with Crippen molar-refractivity contribution >= 4 is 84.4 Å².